The molecule has 0 heterocycles. The number of esters is 2. The third kappa shape index (κ3) is 7.80. The summed E-state index contributed by atoms with van der Waals surface area (Å²) in [6.45, 7) is 15.5. The number of carbonyl (C=O) groups is 2. The Morgan fingerprint density at radius 1 is 1.13 bits per heavy atom. The minimum absolute atomic E-state index is 0.187. The van der Waals surface area contributed by atoms with Crippen LogP contribution in [0.15, 0.2) is 23.8 Å². The van der Waals surface area contributed by atoms with Gasteiger partial charge in [0, 0.05) is 0 Å². The van der Waals surface area contributed by atoms with Crippen LogP contribution in [0, 0.1) is 22.7 Å². The molecule has 2 rings (SSSR count). The highest BCUT2D eigenvalue weighted by Crippen LogP contribution is 2.44. The molecule has 0 bridgehead atoms. The van der Waals surface area contributed by atoms with E-state index in [1.54, 1.807) is 0 Å². The predicted octanol–water partition coefficient (Wildman–Crippen LogP) is 6.79. The Hall–Kier alpha value is -1.58. The number of ether oxygens (including phenoxy) is 2. The molecule has 2 unspecified atom stereocenters. The van der Waals surface area contributed by atoms with Crippen molar-refractivity contribution in [3.05, 3.63) is 23.8 Å². The summed E-state index contributed by atoms with van der Waals surface area (Å²) in [6.07, 6.45) is 14.2. The Morgan fingerprint density at radius 2 is 1.77 bits per heavy atom. The molecule has 0 radical (unpaired) electrons. The summed E-state index contributed by atoms with van der Waals surface area (Å²) >= 11 is 0. The van der Waals surface area contributed by atoms with Gasteiger partial charge in [-0.2, -0.15) is 0 Å². The summed E-state index contributed by atoms with van der Waals surface area (Å²) in [6, 6.07) is 0. The van der Waals surface area contributed by atoms with Crippen LogP contribution in [0.3, 0.4) is 0 Å². The first-order valence-corrected chi connectivity index (χ1v) is 12.1. The molecule has 0 aromatic heterocycles. The summed E-state index contributed by atoms with van der Waals surface area (Å²) < 4.78 is 10.9. The van der Waals surface area contributed by atoms with Gasteiger partial charge in [0.15, 0.2) is 6.61 Å². The number of carbonyl (C=O) groups excluding carboxylic acids is 2. The van der Waals surface area contributed by atoms with Crippen LogP contribution in [0.5, 0.6) is 0 Å². The Labute approximate surface area is 189 Å². The lowest BCUT2D eigenvalue weighted by molar-refractivity contribution is -0.170. The Morgan fingerprint density at radius 3 is 2.29 bits per heavy atom. The molecule has 1 saturated carbocycles. The first-order valence-electron chi connectivity index (χ1n) is 12.1. The van der Waals surface area contributed by atoms with Crippen LogP contribution in [0.2, 0.25) is 0 Å². The lowest BCUT2D eigenvalue weighted by atomic mass is 9.64. The SMILES string of the molecule is CCC(C)(C)CC(C1C=CC(C(=O)OCC(=O)OC2(C)CCCCC2)=CC1)C(C)(C)C. The highest BCUT2D eigenvalue weighted by Gasteiger charge is 2.36. The van der Waals surface area contributed by atoms with Crippen molar-refractivity contribution in [2.75, 3.05) is 6.61 Å². The van der Waals surface area contributed by atoms with Crippen molar-refractivity contribution >= 4 is 11.9 Å². The van der Waals surface area contributed by atoms with Gasteiger partial charge in [0.2, 0.25) is 0 Å². The van der Waals surface area contributed by atoms with Crippen molar-refractivity contribution in [2.45, 2.75) is 105 Å². The molecule has 31 heavy (non-hydrogen) atoms. The van der Waals surface area contributed by atoms with Crippen LogP contribution in [0.4, 0.5) is 0 Å². The van der Waals surface area contributed by atoms with Gasteiger partial charge < -0.3 is 9.47 Å². The molecular formula is C27H44O4. The fourth-order valence-corrected chi connectivity index (χ4v) is 4.84. The second-order valence-electron chi connectivity index (χ2n) is 11.7. The van der Waals surface area contributed by atoms with Gasteiger partial charge in [0.1, 0.15) is 5.60 Å². The summed E-state index contributed by atoms with van der Waals surface area (Å²) in [5, 5.41) is 0. The fourth-order valence-electron chi connectivity index (χ4n) is 4.84. The van der Waals surface area contributed by atoms with Crippen LogP contribution >= 0.6 is 0 Å². The van der Waals surface area contributed by atoms with Gasteiger partial charge in [-0.15, -0.1) is 0 Å². The van der Waals surface area contributed by atoms with Crippen LogP contribution in [0.1, 0.15) is 99.8 Å². The van der Waals surface area contributed by atoms with Crippen LogP contribution in [0.25, 0.3) is 0 Å². The maximum Gasteiger partial charge on any atom is 0.344 e. The molecule has 1 fully saturated rings. The van der Waals surface area contributed by atoms with E-state index in [2.05, 4.69) is 47.6 Å². The fraction of sp³-hybridized carbons (Fsp3) is 0.778. The molecule has 0 spiro atoms. The molecule has 0 aromatic rings. The molecule has 0 saturated heterocycles. The van der Waals surface area contributed by atoms with Gasteiger partial charge in [-0.3, -0.25) is 0 Å². The second-order valence-corrected chi connectivity index (χ2v) is 11.7. The Kier molecular flexibility index (Phi) is 8.58. The van der Waals surface area contributed by atoms with E-state index in [1.807, 2.05) is 19.1 Å². The Bertz CT molecular complexity index is 687. The monoisotopic (exact) mass is 432 g/mol. The van der Waals surface area contributed by atoms with Gasteiger partial charge >= 0.3 is 11.9 Å². The maximum atomic E-state index is 12.5. The van der Waals surface area contributed by atoms with E-state index in [-0.39, 0.29) is 12.0 Å². The second kappa shape index (κ2) is 10.4. The van der Waals surface area contributed by atoms with Crippen molar-refractivity contribution in [3.8, 4) is 0 Å². The van der Waals surface area contributed by atoms with Gasteiger partial charge in [-0.1, -0.05) is 72.6 Å². The number of rotatable bonds is 8. The van der Waals surface area contributed by atoms with E-state index >= 15 is 0 Å². The summed E-state index contributed by atoms with van der Waals surface area (Å²) in [4.78, 5) is 24.7. The molecule has 0 amide bonds. The lowest BCUT2D eigenvalue weighted by Crippen LogP contribution is -2.35. The summed E-state index contributed by atoms with van der Waals surface area (Å²) in [5.41, 5.74) is 0.610. The molecular weight excluding hydrogens is 388 g/mol. The standard InChI is InChI=1S/C27H44O4/c1-8-26(5,6)18-22(25(2,3)4)20-12-14-21(15-13-20)24(29)30-19-23(28)31-27(7)16-10-9-11-17-27/h12,14-15,20,22H,8-11,13,16-19H2,1-7H3. The minimum Gasteiger partial charge on any atom is -0.457 e. The molecule has 176 valence electrons. The van der Waals surface area contributed by atoms with E-state index < -0.39 is 17.5 Å². The quantitative estimate of drug-likeness (QED) is 0.396. The molecule has 2 aliphatic rings. The van der Waals surface area contributed by atoms with E-state index in [0.717, 1.165) is 44.9 Å². The zero-order valence-corrected chi connectivity index (χ0v) is 20.9. The Balaban J connectivity index is 1.89. The molecule has 4 heteroatoms. The van der Waals surface area contributed by atoms with E-state index in [1.165, 1.54) is 6.42 Å². The highest BCUT2D eigenvalue weighted by atomic mass is 16.6. The van der Waals surface area contributed by atoms with Crippen LogP contribution < -0.4 is 0 Å². The molecule has 0 aliphatic heterocycles. The zero-order valence-electron chi connectivity index (χ0n) is 20.9. The number of hydrogen-bond acceptors (Lipinski definition) is 4. The van der Waals surface area contributed by atoms with Crippen LogP contribution in [-0.4, -0.2) is 24.1 Å². The third-order valence-electron chi connectivity index (χ3n) is 7.32. The van der Waals surface area contributed by atoms with E-state index in [0.29, 0.717) is 22.8 Å². The van der Waals surface area contributed by atoms with Crippen molar-refractivity contribution in [2.24, 2.45) is 22.7 Å². The topological polar surface area (TPSA) is 52.6 Å². The van der Waals surface area contributed by atoms with E-state index in [9.17, 15) is 9.59 Å². The maximum absolute atomic E-state index is 12.5. The van der Waals surface area contributed by atoms with Gasteiger partial charge in [-0.25, -0.2) is 9.59 Å². The van der Waals surface area contributed by atoms with Crippen molar-refractivity contribution < 1.29 is 19.1 Å². The average molecular weight is 433 g/mol. The normalized spacial score (nSPS) is 22.4. The lowest BCUT2D eigenvalue weighted by Gasteiger charge is -2.41. The van der Waals surface area contributed by atoms with Crippen molar-refractivity contribution in [1.29, 1.82) is 0 Å². The number of hydrogen-bond donors (Lipinski definition) is 0. The molecule has 4 nitrogen and oxygen atoms in total. The van der Waals surface area contributed by atoms with Gasteiger partial charge in [0.05, 0.1) is 5.57 Å². The summed E-state index contributed by atoms with van der Waals surface area (Å²) in [5.74, 6) is 0.0320. The zero-order chi connectivity index (χ0) is 23.3. The third-order valence-corrected chi connectivity index (χ3v) is 7.32. The first kappa shape index (κ1) is 25.7. The predicted molar refractivity (Wildman–Crippen MR) is 126 cm³/mol. The summed E-state index contributed by atoms with van der Waals surface area (Å²) in [7, 11) is 0. The van der Waals surface area contributed by atoms with Gasteiger partial charge in [-0.05, 0) is 68.1 Å². The number of allylic oxidation sites excluding steroid dienone is 2. The molecule has 2 atom stereocenters. The van der Waals surface area contributed by atoms with E-state index in [4.69, 9.17) is 9.47 Å². The van der Waals surface area contributed by atoms with Crippen molar-refractivity contribution in [3.63, 3.8) is 0 Å². The first-order chi connectivity index (χ1) is 14.4. The minimum atomic E-state index is -0.453. The largest absolute Gasteiger partial charge is 0.457 e. The molecule has 0 N–H and O–H groups in total. The van der Waals surface area contributed by atoms with Crippen molar-refractivity contribution in [1.82, 2.24) is 0 Å². The smallest absolute Gasteiger partial charge is 0.344 e. The van der Waals surface area contributed by atoms with Gasteiger partial charge in [0.25, 0.3) is 0 Å². The van der Waals surface area contributed by atoms with Crippen LogP contribution in [-0.2, 0) is 19.1 Å². The molecule has 2 aliphatic carbocycles. The average Bonchev–Trinajstić information content (AvgIpc) is 2.70. The molecule has 0 aromatic carbocycles. The highest BCUT2D eigenvalue weighted by molar-refractivity contribution is 5.93.